The smallest absolute Gasteiger partial charge is 0.356 e. The maximum absolute atomic E-state index is 13.2. The molecule has 5 rings (SSSR count). The Morgan fingerprint density at radius 1 is 1.11 bits per heavy atom. The Kier molecular flexibility index (Phi) is 6.68. The second-order valence-corrected chi connectivity index (χ2v) is 9.64. The summed E-state index contributed by atoms with van der Waals surface area (Å²) in [5.41, 5.74) is 2.59. The molecule has 9 nitrogen and oxygen atoms in total. The number of hydrogen-bond donors (Lipinski definition) is 2. The molecule has 3 aromatic rings. The van der Waals surface area contributed by atoms with Crippen molar-refractivity contribution in [2.45, 2.75) is 19.5 Å². The molecule has 1 fully saturated rings. The number of nitrogens with zero attached hydrogens (tertiary/aromatic N) is 2. The molecule has 2 aliphatic heterocycles. The van der Waals surface area contributed by atoms with Crippen LogP contribution in [0.3, 0.4) is 0 Å². The minimum Gasteiger partial charge on any atom is -0.464 e. The van der Waals surface area contributed by atoms with Crippen molar-refractivity contribution >= 4 is 44.4 Å². The molecule has 0 radical (unpaired) electrons. The third-order valence-electron chi connectivity index (χ3n) is 6.58. The van der Waals surface area contributed by atoms with Crippen molar-refractivity contribution in [3.05, 3.63) is 52.1 Å². The molecule has 184 valence electrons. The van der Waals surface area contributed by atoms with Gasteiger partial charge in [-0.1, -0.05) is 22.0 Å². The average molecular weight is 543 g/mol. The fourth-order valence-electron chi connectivity index (χ4n) is 4.55. The van der Waals surface area contributed by atoms with Crippen molar-refractivity contribution in [3.63, 3.8) is 0 Å². The van der Waals surface area contributed by atoms with E-state index in [2.05, 4.69) is 42.1 Å². The largest absolute Gasteiger partial charge is 0.464 e. The lowest BCUT2D eigenvalue weighted by Crippen LogP contribution is -2.52. The zero-order chi connectivity index (χ0) is 24.5. The van der Waals surface area contributed by atoms with Gasteiger partial charge in [0.25, 0.3) is 0 Å². The van der Waals surface area contributed by atoms with Crippen LogP contribution in [0.1, 0.15) is 23.0 Å². The second-order valence-electron chi connectivity index (χ2n) is 8.72. The highest BCUT2D eigenvalue weighted by atomic mass is 79.9. The van der Waals surface area contributed by atoms with Crippen molar-refractivity contribution in [3.8, 4) is 11.5 Å². The number of benzene rings is 2. The molecule has 0 spiro atoms. The number of ether oxygens (including phenoxy) is 3. The van der Waals surface area contributed by atoms with E-state index in [1.165, 1.54) is 12.7 Å². The summed E-state index contributed by atoms with van der Waals surface area (Å²) in [6, 6.07) is 11.3. The first kappa shape index (κ1) is 23.7. The Labute approximate surface area is 211 Å². The van der Waals surface area contributed by atoms with Gasteiger partial charge in [-0.05, 0) is 42.8 Å². The van der Waals surface area contributed by atoms with Gasteiger partial charge in [-0.15, -0.1) is 0 Å². The Hall–Kier alpha value is -3.08. The number of carbonyl (C=O) groups is 2. The monoisotopic (exact) mass is 542 g/mol. The first-order chi connectivity index (χ1) is 16.9. The molecule has 0 saturated carbocycles. The Morgan fingerprint density at radius 2 is 1.89 bits per heavy atom. The van der Waals surface area contributed by atoms with Gasteiger partial charge in [-0.2, -0.15) is 0 Å². The summed E-state index contributed by atoms with van der Waals surface area (Å²) in [7, 11) is 1.32. The summed E-state index contributed by atoms with van der Waals surface area (Å²) in [4.78, 5) is 33.1. The average Bonchev–Trinajstić information content (AvgIpc) is 3.48. The number of anilines is 1. The van der Waals surface area contributed by atoms with Crippen LogP contribution in [0.2, 0.25) is 0 Å². The van der Waals surface area contributed by atoms with Crippen LogP contribution >= 0.6 is 15.9 Å². The fraction of sp³-hybridized carbons (Fsp3) is 0.360. The lowest BCUT2D eigenvalue weighted by Gasteiger charge is -2.37. The molecule has 10 heteroatoms. The van der Waals surface area contributed by atoms with Crippen LogP contribution < -0.4 is 14.8 Å². The predicted octanol–water partition coefficient (Wildman–Crippen LogP) is 3.59. The number of rotatable bonds is 6. The van der Waals surface area contributed by atoms with Crippen LogP contribution in [0.5, 0.6) is 11.5 Å². The van der Waals surface area contributed by atoms with E-state index in [1.807, 2.05) is 37.3 Å². The van der Waals surface area contributed by atoms with Gasteiger partial charge in [0.2, 0.25) is 12.7 Å². The summed E-state index contributed by atoms with van der Waals surface area (Å²) in [6.45, 7) is 6.21. The van der Waals surface area contributed by atoms with Crippen LogP contribution in [0.15, 0.2) is 40.9 Å². The van der Waals surface area contributed by atoms with Crippen LogP contribution in [-0.4, -0.2) is 72.8 Å². The molecule has 1 amide bonds. The van der Waals surface area contributed by atoms with Crippen molar-refractivity contribution in [2.75, 3.05) is 45.4 Å². The summed E-state index contributed by atoms with van der Waals surface area (Å²) < 4.78 is 16.6. The zero-order valence-corrected chi connectivity index (χ0v) is 21.2. The Balaban J connectivity index is 1.23. The van der Waals surface area contributed by atoms with E-state index < -0.39 is 5.97 Å². The summed E-state index contributed by atoms with van der Waals surface area (Å²) in [5, 5.41) is 3.72. The summed E-state index contributed by atoms with van der Waals surface area (Å²) in [5.74, 6) is 0.885. The van der Waals surface area contributed by atoms with E-state index in [9.17, 15) is 9.59 Å². The Morgan fingerprint density at radius 3 is 2.66 bits per heavy atom. The second kappa shape index (κ2) is 9.88. The van der Waals surface area contributed by atoms with Gasteiger partial charge in [0.05, 0.1) is 18.8 Å². The van der Waals surface area contributed by atoms with Crippen molar-refractivity contribution < 1.29 is 23.8 Å². The molecule has 3 heterocycles. The summed E-state index contributed by atoms with van der Waals surface area (Å²) >= 11 is 3.46. The fourth-order valence-corrected chi connectivity index (χ4v) is 4.91. The van der Waals surface area contributed by atoms with E-state index >= 15 is 0 Å². The van der Waals surface area contributed by atoms with Crippen molar-refractivity contribution in [1.82, 2.24) is 14.8 Å². The number of aromatic nitrogens is 1. The molecule has 2 N–H and O–H groups in total. The standard InChI is InChI=1S/C25H27BrN4O5/c1-15(24(31)28-22-18-12-17(26)4-5-19(18)27-23(22)25(32)33-2)30-9-7-29(8-10-30)13-16-3-6-20-21(11-16)35-14-34-20/h3-6,11-12,15,27H,7-10,13-14H2,1-2H3,(H,28,31). The number of aromatic amines is 1. The summed E-state index contributed by atoms with van der Waals surface area (Å²) in [6.07, 6.45) is 0. The van der Waals surface area contributed by atoms with Crippen LogP contribution in [-0.2, 0) is 16.1 Å². The number of piperazine rings is 1. The van der Waals surface area contributed by atoms with E-state index in [0.29, 0.717) is 5.69 Å². The molecule has 0 bridgehead atoms. The molecule has 35 heavy (non-hydrogen) atoms. The van der Waals surface area contributed by atoms with Gasteiger partial charge in [-0.25, -0.2) is 4.79 Å². The quantitative estimate of drug-likeness (QED) is 0.459. The zero-order valence-electron chi connectivity index (χ0n) is 19.6. The van der Waals surface area contributed by atoms with Gasteiger partial charge in [-0.3, -0.25) is 14.6 Å². The first-order valence-corrected chi connectivity index (χ1v) is 12.3. The van der Waals surface area contributed by atoms with E-state index in [4.69, 9.17) is 14.2 Å². The van der Waals surface area contributed by atoms with Gasteiger partial charge in [0.1, 0.15) is 5.69 Å². The number of amides is 1. The number of halogens is 1. The van der Waals surface area contributed by atoms with Gasteiger partial charge in [0.15, 0.2) is 11.5 Å². The number of fused-ring (bicyclic) bond motifs is 2. The third kappa shape index (κ3) is 4.86. The number of esters is 1. The van der Waals surface area contributed by atoms with E-state index in [-0.39, 0.29) is 24.4 Å². The molecule has 2 aromatic carbocycles. The highest BCUT2D eigenvalue weighted by molar-refractivity contribution is 9.10. The number of carbonyl (C=O) groups excluding carboxylic acids is 2. The van der Waals surface area contributed by atoms with Gasteiger partial charge in [0, 0.05) is 48.1 Å². The number of nitrogens with one attached hydrogen (secondary N) is 2. The molecule has 2 aliphatic rings. The number of H-pyrrole nitrogens is 1. The molecule has 1 atom stereocenters. The Bertz CT molecular complexity index is 1270. The highest BCUT2D eigenvalue weighted by Crippen LogP contribution is 2.33. The predicted molar refractivity (Wildman–Crippen MR) is 135 cm³/mol. The molecule has 1 unspecified atom stereocenters. The molecule has 0 aliphatic carbocycles. The minimum atomic E-state index is -0.530. The molecular formula is C25H27BrN4O5. The van der Waals surface area contributed by atoms with Crippen LogP contribution in [0.4, 0.5) is 5.69 Å². The van der Waals surface area contributed by atoms with Gasteiger partial charge >= 0.3 is 5.97 Å². The van der Waals surface area contributed by atoms with E-state index in [0.717, 1.165) is 59.6 Å². The maximum atomic E-state index is 13.2. The van der Waals surface area contributed by atoms with Gasteiger partial charge < -0.3 is 24.5 Å². The highest BCUT2D eigenvalue weighted by Gasteiger charge is 2.28. The first-order valence-electron chi connectivity index (χ1n) is 11.5. The van der Waals surface area contributed by atoms with E-state index in [1.54, 1.807) is 0 Å². The number of hydrogen-bond acceptors (Lipinski definition) is 7. The third-order valence-corrected chi connectivity index (χ3v) is 7.07. The molecule has 1 aromatic heterocycles. The number of methoxy groups -OCH3 is 1. The minimum absolute atomic E-state index is 0.166. The topological polar surface area (TPSA) is 96.1 Å². The SMILES string of the molecule is COC(=O)c1[nH]c2ccc(Br)cc2c1NC(=O)C(C)N1CCN(Cc2ccc3c(c2)OCO3)CC1. The van der Waals surface area contributed by atoms with Crippen LogP contribution in [0, 0.1) is 0 Å². The van der Waals surface area contributed by atoms with Crippen molar-refractivity contribution in [1.29, 1.82) is 0 Å². The lowest BCUT2D eigenvalue weighted by atomic mass is 10.1. The lowest BCUT2D eigenvalue weighted by molar-refractivity contribution is -0.121. The van der Waals surface area contributed by atoms with Crippen molar-refractivity contribution in [2.24, 2.45) is 0 Å². The molecule has 1 saturated heterocycles. The van der Waals surface area contributed by atoms with Crippen LogP contribution in [0.25, 0.3) is 10.9 Å². The normalized spacial score (nSPS) is 16.9. The molecular weight excluding hydrogens is 516 g/mol. The maximum Gasteiger partial charge on any atom is 0.356 e.